The van der Waals surface area contributed by atoms with E-state index in [9.17, 15) is 4.79 Å². The SMILES string of the molecule is CCC(C)N(CC)CC(C)(N)C(=O)OC. The van der Waals surface area contributed by atoms with Crippen molar-refractivity contribution in [1.29, 1.82) is 0 Å². The van der Waals surface area contributed by atoms with E-state index in [1.165, 1.54) is 7.11 Å². The molecule has 0 bridgehead atoms. The molecule has 0 radical (unpaired) electrons. The first kappa shape index (κ1) is 14.4. The summed E-state index contributed by atoms with van der Waals surface area (Å²) in [5, 5.41) is 0. The summed E-state index contributed by atoms with van der Waals surface area (Å²) in [7, 11) is 1.37. The molecule has 90 valence electrons. The number of rotatable bonds is 6. The molecule has 0 rings (SSSR count). The maximum absolute atomic E-state index is 11.4. The fraction of sp³-hybridized carbons (Fsp3) is 0.909. The van der Waals surface area contributed by atoms with Crippen LogP contribution in [0.4, 0.5) is 0 Å². The average molecular weight is 216 g/mol. The van der Waals surface area contributed by atoms with E-state index in [4.69, 9.17) is 5.73 Å². The van der Waals surface area contributed by atoms with Gasteiger partial charge in [-0.15, -0.1) is 0 Å². The fourth-order valence-electron chi connectivity index (χ4n) is 1.56. The normalized spacial score (nSPS) is 17.3. The molecule has 0 amide bonds. The van der Waals surface area contributed by atoms with Gasteiger partial charge in [0.1, 0.15) is 5.54 Å². The molecule has 15 heavy (non-hydrogen) atoms. The number of esters is 1. The number of carbonyl (C=O) groups excluding carboxylic acids is 1. The standard InChI is InChI=1S/C11H24N2O2/c1-6-9(3)13(7-2)8-11(4,12)10(14)15-5/h9H,6-8,12H2,1-5H3. The van der Waals surface area contributed by atoms with Crippen LogP contribution < -0.4 is 5.73 Å². The van der Waals surface area contributed by atoms with Crippen LogP contribution >= 0.6 is 0 Å². The van der Waals surface area contributed by atoms with Crippen molar-refractivity contribution in [2.75, 3.05) is 20.2 Å². The molecule has 4 nitrogen and oxygen atoms in total. The minimum Gasteiger partial charge on any atom is -0.468 e. The fourth-order valence-corrected chi connectivity index (χ4v) is 1.56. The van der Waals surface area contributed by atoms with E-state index in [0.717, 1.165) is 13.0 Å². The number of nitrogens with zero attached hydrogens (tertiary/aromatic N) is 1. The van der Waals surface area contributed by atoms with E-state index in [1.807, 2.05) is 0 Å². The Morgan fingerprint density at radius 1 is 1.53 bits per heavy atom. The molecular formula is C11H24N2O2. The lowest BCUT2D eigenvalue weighted by Crippen LogP contribution is -2.55. The molecule has 2 unspecified atom stereocenters. The second-order valence-corrected chi connectivity index (χ2v) is 4.23. The van der Waals surface area contributed by atoms with Crippen LogP contribution in [0, 0.1) is 0 Å². The first-order valence-corrected chi connectivity index (χ1v) is 5.50. The lowest BCUT2D eigenvalue weighted by Gasteiger charge is -2.33. The highest BCUT2D eigenvalue weighted by atomic mass is 16.5. The van der Waals surface area contributed by atoms with Crippen molar-refractivity contribution in [3.05, 3.63) is 0 Å². The molecule has 0 aromatic rings. The van der Waals surface area contributed by atoms with Crippen LogP contribution in [0.1, 0.15) is 34.1 Å². The molecule has 2 atom stereocenters. The van der Waals surface area contributed by atoms with Crippen molar-refractivity contribution in [3.63, 3.8) is 0 Å². The van der Waals surface area contributed by atoms with E-state index in [0.29, 0.717) is 12.6 Å². The topological polar surface area (TPSA) is 55.6 Å². The smallest absolute Gasteiger partial charge is 0.326 e. The van der Waals surface area contributed by atoms with Gasteiger partial charge in [0.25, 0.3) is 0 Å². The van der Waals surface area contributed by atoms with Crippen LogP contribution in [-0.2, 0) is 9.53 Å². The molecule has 0 fully saturated rings. The maximum atomic E-state index is 11.4. The lowest BCUT2D eigenvalue weighted by atomic mass is 10.0. The van der Waals surface area contributed by atoms with E-state index in [-0.39, 0.29) is 5.97 Å². The zero-order valence-corrected chi connectivity index (χ0v) is 10.5. The summed E-state index contributed by atoms with van der Waals surface area (Å²) >= 11 is 0. The Bertz CT molecular complexity index is 205. The summed E-state index contributed by atoms with van der Waals surface area (Å²) in [6.07, 6.45) is 1.05. The van der Waals surface area contributed by atoms with Gasteiger partial charge in [0.15, 0.2) is 0 Å². The number of hydrogen-bond donors (Lipinski definition) is 1. The molecule has 0 aliphatic rings. The molecule has 0 aromatic heterocycles. The summed E-state index contributed by atoms with van der Waals surface area (Å²) in [6.45, 7) is 9.46. The Balaban J connectivity index is 4.46. The Morgan fingerprint density at radius 3 is 2.40 bits per heavy atom. The Morgan fingerprint density at radius 2 is 2.07 bits per heavy atom. The minimum absolute atomic E-state index is 0.357. The average Bonchev–Trinajstić information content (AvgIpc) is 2.23. The van der Waals surface area contributed by atoms with Crippen LogP contribution in [0.15, 0.2) is 0 Å². The van der Waals surface area contributed by atoms with Gasteiger partial charge in [-0.3, -0.25) is 9.69 Å². The van der Waals surface area contributed by atoms with Crippen LogP contribution in [-0.4, -0.2) is 42.6 Å². The van der Waals surface area contributed by atoms with Gasteiger partial charge in [-0.2, -0.15) is 0 Å². The van der Waals surface area contributed by atoms with Gasteiger partial charge in [-0.25, -0.2) is 0 Å². The molecule has 0 spiro atoms. The summed E-state index contributed by atoms with van der Waals surface area (Å²) in [5.41, 5.74) is 5.00. The van der Waals surface area contributed by atoms with Crippen molar-refractivity contribution in [3.8, 4) is 0 Å². The first-order chi connectivity index (χ1) is 6.88. The Kier molecular flexibility index (Phi) is 5.83. The molecule has 0 saturated heterocycles. The van der Waals surface area contributed by atoms with Crippen LogP contribution in [0.5, 0.6) is 0 Å². The quantitative estimate of drug-likeness (QED) is 0.673. The predicted molar refractivity (Wildman–Crippen MR) is 61.6 cm³/mol. The summed E-state index contributed by atoms with van der Waals surface area (Å²) in [6, 6.07) is 0.433. The molecule has 0 aliphatic carbocycles. The molecular weight excluding hydrogens is 192 g/mol. The van der Waals surface area contributed by atoms with Gasteiger partial charge in [-0.1, -0.05) is 13.8 Å². The summed E-state index contributed by atoms with van der Waals surface area (Å²) in [5.74, 6) is -0.357. The first-order valence-electron chi connectivity index (χ1n) is 5.50. The number of hydrogen-bond acceptors (Lipinski definition) is 4. The second kappa shape index (κ2) is 6.08. The molecule has 2 N–H and O–H groups in total. The highest BCUT2D eigenvalue weighted by molar-refractivity contribution is 5.80. The van der Waals surface area contributed by atoms with E-state index < -0.39 is 5.54 Å². The molecule has 0 heterocycles. The van der Waals surface area contributed by atoms with Crippen LogP contribution in [0.3, 0.4) is 0 Å². The van der Waals surface area contributed by atoms with Gasteiger partial charge in [0.05, 0.1) is 7.11 Å². The highest BCUT2D eigenvalue weighted by Crippen LogP contribution is 2.10. The summed E-state index contributed by atoms with van der Waals surface area (Å²) in [4.78, 5) is 13.6. The van der Waals surface area contributed by atoms with E-state index >= 15 is 0 Å². The highest BCUT2D eigenvalue weighted by Gasteiger charge is 2.32. The molecule has 0 saturated carbocycles. The van der Waals surface area contributed by atoms with Crippen molar-refractivity contribution < 1.29 is 9.53 Å². The van der Waals surface area contributed by atoms with Gasteiger partial charge < -0.3 is 10.5 Å². The van der Waals surface area contributed by atoms with E-state index in [2.05, 4.69) is 30.4 Å². The molecule has 0 aliphatic heterocycles. The van der Waals surface area contributed by atoms with Gasteiger partial charge in [0, 0.05) is 12.6 Å². The van der Waals surface area contributed by atoms with Crippen molar-refractivity contribution >= 4 is 5.97 Å². The third kappa shape index (κ3) is 4.18. The minimum atomic E-state index is -0.922. The zero-order valence-electron chi connectivity index (χ0n) is 10.5. The number of methoxy groups -OCH3 is 1. The van der Waals surface area contributed by atoms with Crippen molar-refractivity contribution in [2.24, 2.45) is 5.73 Å². The van der Waals surface area contributed by atoms with Crippen molar-refractivity contribution in [2.45, 2.75) is 45.7 Å². The maximum Gasteiger partial charge on any atom is 0.326 e. The van der Waals surface area contributed by atoms with Gasteiger partial charge in [0.2, 0.25) is 0 Å². The van der Waals surface area contributed by atoms with Gasteiger partial charge >= 0.3 is 5.97 Å². The van der Waals surface area contributed by atoms with Crippen LogP contribution in [0.25, 0.3) is 0 Å². The second-order valence-electron chi connectivity index (χ2n) is 4.23. The Labute approximate surface area is 92.8 Å². The molecule has 0 aromatic carbocycles. The molecule has 4 heteroatoms. The predicted octanol–water partition coefficient (Wildman–Crippen LogP) is 0.997. The third-order valence-electron chi connectivity index (χ3n) is 2.80. The number of nitrogens with two attached hydrogens (primary N) is 1. The third-order valence-corrected chi connectivity index (χ3v) is 2.80. The van der Waals surface area contributed by atoms with Crippen molar-refractivity contribution in [1.82, 2.24) is 4.90 Å². The van der Waals surface area contributed by atoms with Crippen LogP contribution in [0.2, 0.25) is 0 Å². The monoisotopic (exact) mass is 216 g/mol. The zero-order chi connectivity index (χ0) is 12.1. The Hall–Kier alpha value is -0.610. The largest absolute Gasteiger partial charge is 0.468 e. The van der Waals surface area contributed by atoms with Gasteiger partial charge in [-0.05, 0) is 26.8 Å². The number of carbonyl (C=O) groups is 1. The summed E-state index contributed by atoms with van der Waals surface area (Å²) < 4.78 is 4.68. The number of ether oxygens (including phenoxy) is 1. The lowest BCUT2D eigenvalue weighted by molar-refractivity contribution is -0.147. The van der Waals surface area contributed by atoms with E-state index in [1.54, 1.807) is 6.92 Å². The number of likely N-dealkylation sites (N-methyl/N-ethyl adjacent to an activating group) is 1.